The van der Waals surface area contributed by atoms with Gasteiger partial charge in [0.15, 0.2) is 10.8 Å². The Labute approximate surface area is 191 Å². The first-order chi connectivity index (χ1) is 14.7. The van der Waals surface area contributed by atoms with Crippen molar-refractivity contribution in [3.63, 3.8) is 0 Å². The van der Waals surface area contributed by atoms with E-state index in [0.29, 0.717) is 31.8 Å². The summed E-state index contributed by atoms with van der Waals surface area (Å²) >= 11 is 8.15. The van der Waals surface area contributed by atoms with Gasteiger partial charge in [0.05, 0.1) is 33.3 Å². The molecule has 0 radical (unpaired) electrons. The number of amides is 2. The van der Waals surface area contributed by atoms with Gasteiger partial charge in [0.1, 0.15) is 5.00 Å². The van der Waals surface area contributed by atoms with Gasteiger partial charge in [0, 0.05) is 20.3 Å². The first-order valence-electron chi connectivity index (χ1n) is 9.17. The highest BCUT2D eigenvalue weighted by atomic mass is 35.5. The van der Waals surface area contributed by atoms with Crippen LogP contribution in [-0.2, 0) is 9.53 Å². The molecule has 0 unspecified atom stereocenters. The lowest BCUT2D eigenvalue weighted by atomic mass is 10.1. The fourth-order valence-electron chi connectivity index (χ4n) is 2.68. The molecular weight excluding hydrogens is 462 g/mol. The van der Waals surface area contributed by atoms with Crippen molar-refractivity contribution in [1.82, 2.24) is 19.9 Å². The Kier molecular flexibility index (Phi) is 7.19. The predicted octanol–water partition coefficient (Wildman–Crippen LogP) is 3.59. The number of nitrogens with zero attached hydrogens (tertiary/aromatic N) is 3. The van der Waals surface area contributed by atoms with Gasteiger partial charge in [-0.3, -0.25) is 9.59 Å². The number of aromatic nitrogens is 3. The van der Waals surface area contributed by atoms with Crippen molar-refractivity contribution in [3.8, 4) is 0 Å². The number of imidazole rings is 1. The largest absolute Gasteiger partial charge is 0.462 e. The smallest absolute Gasteiger partial charge is 0.341 e. The van der Waals surface area contributed by atoms with Crippen LogP contribution in [0.4, 0.5) is 5.00 Å². The molecule has 0 saturated heterocycles. The Bertz CT molecular complexity index is 1160. The van der Waals surface area contributed by atoms with Crippen LogP contribution in [0, 0.1) is 6.92 Å². The predicted molar refractivity (Wildman–Crippen MR) is 121 cm³/mol. The lowest BCUT2D eigenvalue weighted by Gasteiger charge is -2.09. The standard InChI is InChI=1S/C19H20ClN5O4S2/c1-5-29-18(28)13-9(2)14(17(27)25(3)4)31-16(13)23-12(26)8-30-19-22-11-6-10(20)7-21-15(11)24-19/h6-7H,5,8H2,1-4H3,(H,23,26)(H,21,22,24). The van der Waals surface area contributed by atoms with E-state index >= 15 is 0 Å². The SMILES string of the molecule is CCOC(=O)c1c(NC(=O)CSc2nc3ncc(Cl)cc3[nH]2)sc(C(=O)N(C)C)c1C. The molecular formula is C19H20ClN5O4S2. The van der Waals surface area contributed by atoms with Gasteiger partial charge in [0.2, 0.25) is 5.91 Å². The molecule has 31 heavy (non-hydrogen) atoms. The molecule has 3 aromatic rings. The van der Waals surface area contributed by atoms with Crippen molar-refractivity contribution in [2.75, 3.05) is 31.8 Å². The van der Waals surface area contributed by atoms with Crippen molar-refractivity contribution in [2.24, 2.45) is 0 Å². The van der Waals surface area contributed by atoms with Gasteiger partial charge < -0.3 is 19.9 Å². The van der Waals surface area contributed by atoms with Crippen LogP contribution in [0.5, 0.6) is 0 Å². The fraction of sp³-hybridized carbons (Fsp3) is 0.316. The second-order valence-electron chi connectivity index (χ2n) is 6.58. The number of H-pyrrole nitrogens is 1. The number of fused-ring (bicyclic) bond motifs is 1. The Morgan fingerprint density at radius 2 is 2.10 bits per heavy atom. The van der Waals surface area contributed by atoms with Crippen molar-refractivity contribution >= 4 is 68.6 Å². The third-order valence-corrected chi connectivity index (χ3v) is 6.38. The van der Waals surface area contributed by atoms with Crippen LogP contribution in [0.2, 0.25) is 5.02 Å². The lowest BCUT2D eigenvalue weighted by molar-refractivity contribution is -0.113. The number of carbonyl (C=O) groups is 3. The molecule has 0 atom stereocenters. The number of esters is 1. The van der Waals surface area contributed by atoms with E-state index in [4.69, 9.17) is 16.3 Å². The second-order valence-corrected chi connectivity index (χ2v) is 9.00. The van der Waals surface area contributed by atoms with Crippen molar-refractivity contribution in [3.05, 3.63) is 33.3 Å². The summed E-state index contributed by atoms with van der Waals surface area (Å²) in [6.45, 7) is 3.53. The molecule has 3 heterocycles. The third kappa shape index (κ3) is 5.17. The van der Waals surface area contributed by atoms with E-state index in [-0.39, 0.29) is 34.7 Å². The number of pyridine rings is 1. The number of anilines is 1. The van der Waals surface area contributed by atoms with E-state index in [2.05, 4.69) is 20.3 Å². The summed E-state index contributed by atoms with van der Waals surface area (Å²) in [6.07, 6.45) is 1.49. The topological polar surface area (TPSA) is 117 Å². The quantitative estimate of drug-likeness (QED) is 0.391. The molecule has 0 aliphatic heterocycles. The molecule has 0 spiro atoms. The first-order valence-corrected chi connectivity index (χ1v) is 11.3. The lowest BCUT2D eigenvalue weighted by Crippen LogP contribution is -2.21. The van der Waals surface area contributed by atoms with Crippen LogP contribution in [-0.4, -0.2) is 64.1 Å². The minimum atomic E-state index is -0.586. The number of halogens is 1. The zero-order chi connectivity index (χ0) is 22.7. The van der Waals surface area contributed by atoms with Gasteiger partial charge in [0.25, 0.3) is 5.91 Å². The van der Waals surface area contributed by atoms with E-state index in [1.54, 1.807) is 34.0 Å². The van der Waals surface area contributed by atoms with E-state index in [0.717, 1.165) is 11.3 Å². The normalized spacial score (nSPS) is 10.9. The van der Waals surface area contributed by atoms with Gasteiger partial charge in [-0.15, -0.1) is 11.3 Å². The number of thioether (sulfide) groups is 1. The van der Waals surface area contributed by atoms with E-state index in [1.807, 2.05) is 0 Å². The molecule has 0 aliphatic rings. The van der Waals surface area contributed by atoms with E-state index in [9.17, 15) is 14.4 Å². The summed E-state index contributed by atoms with van der Waals surface area (Å²) in [5, 5.41) is 4.00. The highest BCUT2D eigenvalue weighted by Gasteiger charge is 2.27. The number of carbonyl (C=O) groups excluding carboxylic acids is 3. The van der Waals surface area contributed by atoms with Crippen LogP contribution < -0.4 is 5.32 Å². The maximum absolute atomic E-state index is 12.6. The number of aromatic amines is 1. The van der Waals surface area contributed by atoms with Gasteiger partial charge in [-0.25, -0.2) is 14.8 Å². The Morgan fingerprint density at radius 1 is 1.35 bits per heavy atom. The highest BCUT2D eigenvalue weighted by Crippen LogP contribution is 2.34. The molecule has 2 N–H and O–H groups in total. The molecule has 0 bridgehead atoms. The fourth-order valence-corrected chi connectivity index (χ4v) is 4.74. The number of ether oxygens (including phenoxy) is 1. The third-order valence-electron chi connectivity index (χ3n) is 4.10. The van der Waals surface area contributed by atoms with Crippen LogP contribution in [0.15, 0.2) is 17.4 Å². The highest BCUT2D eigenvalue weighted by molar-refractivity contribution is 7.99. The summed E-state index contributed by atoms with van der Waals surface area (Å²) in [6, 6.07) is 1.70. The van der Waals surface area contributed by atoms with Crippen LogP contribution in [0.3, 0.4) is 0 Å². The molecule has 0 saturated carbocycles. The van der Waals surface area contributed by atoms with E-state index < -0.39 is 5.97 Å². The number of rotatable bonds is 7. The van der Waals surface area contributed by atoms with Crippen molar-refractivity contribution < 1.29 is 19.1 Å². The summed E-state index contributed by atoms with van der Waals surface area (Å²) in [5.41, 5.74) is 1.83. The van der Waals surface area contributed by atoms with Crippen LogP contribution in [0.25, 0.3) is 11.2 Å². The van der Waals surface area contributed by atoms with Crippen LogP contribution in [0.1, 0.15) is 32.5 Å². The molecule has 9 nitrogen and oxygen atoms in total. The van der Waals surface area contributed by atoms with Gasteiger partial charge in [-0.2, -0.15) is 0 Å². The zero-order valence-corrected chi connectivity index (χ0v) is 19.6. The molecule has 164 valence electrons. The van der Waals surface area contributed by atoms with E-state index in [1.165, 1.54) is 22.9 Å². The number of thiophene rings is 1. The summed E-state index contributed by atoms with van der Waals surface area (Å²) in [5.74, 6) is -1.16. The Hall–Kier alpha value is -2.63. The van der Waals surface area contributed by atoms with Crippen molar-refractivity contribution in [2.45, 2.75) is 19.0 Å². The number of hydrogen-bond acceptors (Lipinski definition) is 8. The summed E-state index contributed by atoms with van der Waals surface area (Å²) in [7, 11) is 3.24. The average molecular weight is 482 g/mol. The minimum Gasteiger partial charge on any atom is -0.462 e. The number of nitrogens with one attached hydrogen (secondary N) is 2. The van der Waals surface area contributed by atoms with Crippen molar-refractivity contribution in [1.29, 1.82) is 0 Å². The molecule has 0 fully saturated rings. The zero-order valence-electron chi connectivity index (χ0n) is 17.2. The van der Waals surface area contributed by atoms with Gasteiger partial charge in [-0.1, -0.05) is 23.4 Å². The summed E-state index contributed by atoms with van der Waals surface area (Å²) in [4.78, 5) is 50.7. The summed E-state index contributed by atoms with van der Waals surface area (Å²) < 4.78 is 5.11. The molecule has 2 amide bonds. The molecule has 12 heteroatoms. The molecule has 3 rings (SSSR count). The number of hydrogen-bond donors (Lipinski definition) is 2. The Morgan fingerprint density at radius 3 is 2.77 bits per heavy atom. The molecule has 0 aliphatic carbocycles. The minimum absolute atomic E-state index is 0.0315. The van der Waals surface area contributed by atoms with Gasteiger partial charge in [-0.05, 0) is 25.5 Å². The molecule has 3 aromatic heterocycles. The van der Waals surface area contributed by atoms with Crippen LogP contribution >= 0.6 is 34.7 Å². The Balaban J connectivity index is 1.77. The maximum Gasteiger partial charge on any atom is 0.341 e. The molecule has 0 aromatic carbocycles. The van der Waals surface area contributed by atoms with Gasteiger partial charge >= 0.3 is 5.97 Å². The monoisotopic (exact) mass is 481 g/mol. The maximum atomic E-state index is 12.6. The average Bonchev–Trinajstić information content (AvgIpc) is 3.25. The second kappa shape index (κ2) is 9.67. The first kappa shape index (κ1) is 23.0.